The number of amides is 1. The highest BCUT2D eigenvalue weighted by Crippen LogP contribution is 2.22. The third kappa shape index (κ3) is 3.87. The summed E-state index contributed by atoms with van der Waals surface area (Å²) in [6.07, 6.45) is 0. The molecule has 0 bridgehead atoms. The van der Waals surface area contributed by atoms with Crippen LogP contribution in [-0.2, 0) is 6.54 Å². The van der Waals surface area contributed by atoms with Gasteiger partial charge in [0.1, 0.15) is 5.75 Å². The van der Waals surface area contributed by atoms with Crippen molar-refractivity contribution in [2.24, 2.45) is 0 Å². The number of hydrogen-bond acceptors (Lipinski definition) is 5. The molecule has 0 aliphatic rings. The number of fused-ring (bicyclic) bond motifs is 1. The van der Waals surface area contributed by atoms with E-state index in [4.69, 9.17) is 4.74 Å². The summed E-state index contributed by atoms with van der Waals surface area (Å²) in [4.78, 5) is 24.1. The summed E-state index contributed by atoms with van der Waals surface area (Å²) in [6, 6.07) is 16.9. The molecule has 0 saturated heterocycles. The molecule has 2 aromatic carbocycles. The molecule has 4 aromatic rings. The third-order valence-electron chi connectivity index (χ3n) is 4.87. The highest BCUT2D eigenvalue weighted by atomic mass is 16.5. The van der Waals surface area contributed by atoms with Crippen LogP contribution in [0.3, 0.4) is 0 Å². The molecule has 0 radical (unpaired) electrons. The number of nitrogens with zero attached hydrogens (tertiary/aromatic N) is 5. The largest absolute Gasteiger partial charge is 0.497 e. The monoisotopic (exact) mass is 401 g/mol. The predicted octanol–water partition coefficient (Wildman–Crippen LogP) is 3.91. The molecule has 0 atom stereocenters. The fourth-order valence-corrected chi connectivity index (χ4v) is 3.33. The van der Waals surface area contributed by atoms with Gasteiger partial charge in [-0.25, -0.2) is 9.50 Å². The van der Waals surface area contributed by atoms with Crippen LogP contribution in [0.2, 0.25) is 0 Å². The smallest absolute Gasteiger partial charge is 0.258 e. The second kappa shape index (κ2) is 7.94. The maximum absolute atomic E-state index is 13.4. The van der Waals surface area contributed by atoms with Crippen LogP contribution >= 0.6 is 0 Å². The first-order valence-corrected chi connectivity index (χ1v) is 9.67. The molecular formula is C23H23N5O2. The number of aryl methyl sites for hydroxylation is 3. The second-order valence-electron chi connectivity index (χ2n) is 7.24. The fraction of sp³-hybridized carbons (Fsp3) is 0.217. The van der Waals surface area contributed by atoms with Crippen LogP contribution in [0.25, 0.3) is 5.78 Å². The van der Waals surface area contributed by atoms with Crippen LogP contribution in [0.4, 0.5) is 5.69 Å². The lowest BCUT2D eigenvalue weighted by Gasteiger charge is -2.22. The number of anilines is 1. The Labute approximate surface area is 175 Å². The molecule has 0 spiro atoms. The Morgan fingerprint density at radius 1 is 1.03 bits per heavy atom. The zero-order valence-corrected chi connectivity index (χ0v) is 17.5. The van der Waals surface area contributed by atoms with E-state index in [9.17, 15) is 4.79 Å². The lowest BCUT2D eigenvalue weighted by atomic mass is 10.1. The van der Waals surface area contributed by atoms with Crippen molar-refractivity contribution < 1.29 is 9.53 Å². The molecule has 152 valence electrons. The van der Waals surface area contributed by atoms with Crippen molar-refractivity contribution in [2.75, 3.05) is 12.0 Å². The average Bonchev–Trinajstić information content (AvgIpc) is 3.15. The Morgan fingerprint density at radius 2 is 1.80 bits per heavy atom. The van der Waals surface area contributed by atoms with Gasteiger partial charge < -0.3 is 9.64 Å². The molecular weight excluding hydrogens is 378 g/mol. The van der Waals surface area contributed by atoms with Crippen LogP contribution < -0.4 is 9.64 Å². The number of aromatic nitrogens is 4. The fourth-order valence-electron chi connectivity index (χ4n) is 3.33. The number of benzene rings is 2. The van der Waals surface area contributed by atoms with Gasteiger partial charge in [-0.15, -0.1) is 5.10 Å². The number of carbonyl (C=O) groups is 1. The van der Waals surface area contributed by atoms with Gasteiger partial charge in [-0.05, 0) is 57.2 Å². The van der Waals surface area contributed by atoms with Crippen LogP contribution in [0.1, 0.15) is 33.1 Å². The predicted molar refractivity (Wildman–Crippen MR) is 115 cm³/mol. The van der Waals surface area contributed by atoms with Crippen LogP contribution in [0.5, 0.6) is 5.75 Å². The number of hydrogen-bond donors (Lipinski definition) is 0. The normalized spacial score (nSPS) is 10.9. The summed E-state index contributed by atoms with van der Waals surface area (Å²) in [5, 5.41) is 4.57. The van der Waals surface area contributed by atoms with Crippen molar-refractivity contribution in [3.05, 3.63) is 82.9 Å². The van der Waals surface area contributed by atoms with Crippen molar-refractivity contribution in [1.29, 1.82) is 0 Å². The van der Waals surface area contributed by atoms with Gasteiger partial charge in [-0.1, -0.05) is 23.8 Å². The third-order valence-corrected chi connectivity index (χ3v) is 4.87. The molecule has 0 unspecified atom stereocenters. The minimum Gasteiger partial charge on any atom is -0.497 e. The van der Waals surface area contributed by atoms with Crippen molar-refractivity contribution in [3.63, 3.8) is 0 Å². The number of methoxy groups -OCH3 is 1. The molecule has 0 aliphatic carbocycles. The van der Waals surface area contributed by atoms with Gasteiger partial charge in [0, 0.05) is 22.6 Å². The maximum Gasteiger partial charge on any atom is 0.258 e. The lowest BCUT2D eigenvalue weighted by Crippen LogP contribution is -2.31. The van der Waals surface area contributed by atoms with Gasteiger partial charge in [0.05, 0.1) is 13.7 Å². The summed E-state index contributed by atoms with van der Waals surface area (Å²) in [5.74, 6) is 1.52. The second-order valence-corrected chi connectivity index (χ2v) is 7.24. The van der Waals surface area contributed by atoms with Crippen LogP contribution in [-0.4, -0.2) is 32.6 Å². The minimum absolute atomic E-state index is 0.155. The summed E-state index contributed by atoms with van der Waals surface area (Å²) < 4.78 is 6.98. The van der Waals surface area contributed by atoms with Crippen LogP contribution in [0.15, 0.2) is 54.6 Å². The molecule has 30 heavy (non-hydrogen) atoms. The summed E-state index contributed by atoms with van der Waals surface area (Å²) >= 11 is 0. The summed E-state index contributed by atoms with van der Waals surface area (Å²) in [5.41, 5.74) is 4.24. The average molecular weight is 401 g/mol. The Bertz CT molecular complexity index is 1210. The van der Waals surface area contributed by atoms with Gasteiger partial charge in [0.25, 0.3) is 11.7 Å². The van der Waals surface area contributed by atoms with E-state index in [1.54, 1.807) is 34.7 Å². The molecule has 7 nitrogen and oxygen atoms in total. The van der Waals surface area contributed by atoms with E-state index in [1.165, 1.54) is 0 Å². The van der Waals surface area contributed by atoms with E-state index >= 15 is 0 Å². The van der Waals surface area contributed by atoms with E-state index in [1.807, 2.05) is 57.2 Å². The molecule has 2 aromatic heterocycles. The first kappa shape index (κ1) is 19.6. The quantitative estimate of drug-likeness (QED) is 0.507. The molecule has 1 amide bonds. The number of ether oxygens (including phenoxy) is 1. The van der Waals surface area contributed by atoms with Gasteiger partial charge in [0.2, 0.25) is 0 Å². The molecule has 0 saturated carbocycles. The number of carbonyl (C=O) groups excluding carboxylic acids is 1. The van der Waals surface area contributed by atoms with Crippen molar-refractivity contribution >= 4 is 17.4 Å². The van der Waals surface area contributed by atoms with Gasteiger partial charge >= 0.3 is 0 Å². The Kier molecular flexibility index (Phi) is 5.18. The highest BCUT2D eigenvalue weighted by molar-refractivity contribution is 6.06. The van der Waals surface area contributed by atoms with E-state index in [0.29, 0.717) is 22.9 Å². The Hall–Kier alpha value is -3.74. The molecule has 0 fully saturated rings. The Morgan fingerprint density at radius 3 is 2.53 bits per heavy atom. The molecule has 7 heteroatoms. The van der Waals surface area contributed by atoms with E-state index in [2.05, 4.69) is 15.1 Å². The first-order chi connectivity index (χ1) is 14.4. The summed E-state index contributed by atoms with van der Waals surface area (Å²) in [6.45, 7) is 6.12. The minimum atomic E-state index is -0.155. The maximum atomic E-state index is 13.4. The number of rotatable bonds is 5. The highest BCUT2D eigenvalue weighted by Gasteiger charge is 2.21. The first-order valence-electron chi connectivity index (χ1n) is 9.67. The van der Waals surface area contributed by atoms with E-state index in [0.717, 1.165) is 22.6 Å². The summed E-state index contributed by atoms with van der Waals surface area (Å²) in [7, 11) is 1.58. The molecule has 0 N–H and O–H groups in total. The standard InChI is InChI=1S/C23H23N5O2/c1-15-8-10-19(11-9-15)27(22(29)18-6-5-7-20(13-18)30-4)14-21-25-23-24-16(2)12-17(3)28(23)26-21/h5-13H,14H2,1-4H3. The molecule has 4 rings (SSSR count). The van der Waals surface area contributed by atoms with Crippen molar-refractivity contribution in [3.8, 4) is 5.75 Å². The lowest BCUT2D eigenvalue weighted by molar-refractivity contribution is 0.0984. The van der Waals surface area contributed by atoms with E-state index < -0.39 is 0 Å². The zero-order valence-electron chi connectivity index (χ0n) is 17.5. The topological polar surface area (TPSA) is 72.6 Å². The molecule has 2 heterocycles. The van der Waals surface area contributed by atoms with Gasteiger partial charge in [-0.3, -0.25) is 4.79 Å². The van der Waals surface area contributed by atoms with E-state index in [-0.39, 0.29) is 12.5 Å². The van der Waals surface area contributed by atoms with Gasteiger partial charge in [0.15, 0.2) is 5.82 Å². The van der Waals surface area contributed by atoms with Crippen molar-refractivity contribution in [2.45, 2.75) is 27.3 Å². The van der Waals surface area contributed by atoms with Crippen molar-refractivity contribution in [1.82, 2.24) is 19.6 Å². The zero-order chi connectivity index (χ0) is 21.3. The SMILES string of the molecule is COc1cccc(C(=O)N(Cc2nc3nc(C)cc(C)n3n2)c2ccc(C)cc2)c1. The molecule has 0 aliphatic heterocycles. The Balaban J connectivity index is 1.74. The van der Waals surface area contributed by atoms with Gasteiger partial charge in [-0.2, -0.15) is 4.98 Å². The van der Waals surface area contributed by atoms with Crippen LogP contribution in [0, 0.1) is 20.8 Å².